The van der Waals surface area contributed by atoms with Crippen LogP contribution in [0.2, 0.25) is 0 Å². The molecular weight excluding hydrogens is 580 g/mol. The molecule has 2 heterocycles. The maximum Gasteiger partial charge on any atom is 0.334 e. The molecule has 2 aliphatic rings. The molecule has 9 heteroatoms. The van der Waals surface area contributed by atoms with Gasteiger partial charge in [-0.3, -0.25) is 14.4 Å². The average molecular weight is 606 g/mol. The molecule has 0 aliphatic carbocycles. The summed E-state index contributed by atoms with van der Waals surface area (Å²) < 4.78 is 6.05. The van der Waals surface area contributed by atoms with Crippen LogP contribution in [-0.2, 0) is 30.3 Å². The van der Waals surface area contributed by atoms with E-state index in [1.54, 1.807) is 5.41 Å². The van der Waals surface area contributed by atoms with Crippen LogP contribution in [0.15, 0.2) is 102 Å². The average Bonchev–Trinajstić information content (AvgIpc) is 2.98. The SMILES string of the molecule is O=C(Cc1ccccc1)NC1C(=O)N2C(C(=O)OC(c3ccccc3)c3ccccc3)C(C(=O)CBr)=CS[C@H]12. The monoisotopic (exact) mass is 604 g/mol. The summed E-state index contributed by atoms with van der Waals surface area (Å²) in [4.78, 5) is 53.9. The zero-order valence-electron chi connectivity index (χ0n) is 20.7. The summed E-state index contributed by atoms with van der Waals surface area (Å²) in [6.45, 7) is 0. The zero-order valence-corrected chi connectivity index (χ0v) is 23.1. The van der Waals surface area contributed by atoms with Gasteiger partial charge in [0.2, 0.25) is 11.8 Å². The Bertz CT molecular complexity index is 1360. The lowest BCUT2D eigenvalue weighted by Crippen LogP contribution is -2.74. The smallest absolute Gasteiger partial charge is 0.334 e. The minimum atomic E-state index is -1.22. The Labute approximate surface area is 238 Å². The van der Waals surface area contributed by atoms with E-state index in [0.717, 1.165) is 16.7 Å². The van der Waals surface area contributed by atoms with Crippen molar-refractivity contribution in [3.63, 3.8) is 0 Å². The molecule has 3 aromatic carbocycles. The summed E-state index contributed by atoms with van der Waals surface area (Å²) in [5, 5.41) is 3.87. The summed E-state index contributed by atoms with van der Waals surface area (Å²) in [5.41, 5.74) is 2.53. The summed E-state index contributed by atoms with van der Waals surface area (Å²) in [6.07, 6.45) is -0.599. The topological polar surface area (TPSA) is 92.8 Å². The van der Waals surface area contributed by atoms with Gasteiger partial charge in [-0.25, -0.2) is 4.79 Å². The van der Waals surface area contributed by atoms with Gasteiger partial charge in [0.1, 0.15) is 11.4 Å². The van der Waals surface area contributed by atoms with E-state index in [-0.39, 0.29) is 29.0 Å². The van der Waals surface area contributed by atoms with Crippen LogP contribution in [0.5, 0.6) is 0 Å². The maximum absolute atomic E-state index is 13.8. The highest BCUT2D eigenvalue weighted by molar-refractivity contribution is 9.09. The third kappa shape index (κ3) is 5.69. The van der Waals surface area contributed by atoms with E-state index in [9.17, 15) is 19.2 Å². The molecule has 3 atom stereocenters. The largest absolute Gasteiger partial charge is 0.451 e. The minimum Gasteiger partial charge on any atom is -0.451 e. The van der Waals surface area contributed by atoms with E-state index in [2.05, 4.69) is 21.2 Å². The molecule has 2 amide bonds. The molecule has 1 fully saturated rings. The van der Waals surface area contributed by atoms with Gasteiger partial charge in [0.15, 0.2) is 17.9 Å². The Morgan fingerprint density at radius 1 is 0.897 bits per heavy atom. The van der Waals surface area contributed by atoms with Gasteiger partial charge in [0.25, 0.3) is 0 Å². The predicted molar refractivity (Wildman–Crippen MR) is 152 cm³/mol. The number of carbonyl (C=O) groups excluding carboxylic acids is 4. The lowest BCUT2D eigenvalue weighted by molar-refractivity contribution is -0.165. The van der Waals surface area contributed by atoms with Gasteiger partial charge < -0.3 is 15.0 Å². The highest BCUT2D eigenvalue weighted by Gasteiger charge is 2.57. The second-order valence-corrected chi connectivity index (χ2v) is 10.7. The zero-order chi connectivity index (χ0) is 27.4. The van der Waals surface area contributed by atoms with Gasteiger partial charge in [-0.05, 0) is 22.1 Å². The molecule has 0 bridgehead atoms. The number of esters is 1. The van der Waals surface area contributed by atoms with Gasteiger partial charge in [0.05, 0.1) is 11.8 Å². The molecule has 1 saturated heterocycles. The van der Waals surface area contributed by atoms with Crippen molar-refractivity contribution in [2.45, 2.75) is 30.0 Å². The standard InChI is InChI=1S/C30H25BrN2O5S/c31-17-23(34)22-18-39-29-25(32-24(35)16-19-10-4-1-5-11-19)28(36)33(29)26(22)30(37)38-27(20-12-6-2-7-13-20)21-14-8-3-9-15-21/h1-15,18,25-27,29H,16-17H2,(H,32,35)/t25?,26?,29-/m1/s1. The van der Waals surface area contributed by atoms with Crippen molar-refractivity contribution in [1.29, 1.82) is 0 Å². The number of amides is 2. The number of nitrogens with one attached hydrogen (secondary N) is 1. The van der Waals surface area contributed by atoms with E-state index < -0.39 is 35.4 Å². The summed E-state index contributed by atoms with van der Waals surface area (Å²) in [7, 11) is 0. The number of ketones is 1. The number of thioether (sulfide) groups is 1. The fourth-order valence-corrected chi connectivity index (χ4v) is 6.27. The molecule has 1 N–H and O–H groups in total. The molecule has 39 heavy (non-hydrogen) atoms. The first-order valence-corrected chi connectivity index (χ1v) is 14.4. The molecule has 2 unspecified atom stereocenters. The second kappa shape index (κ2) is 12.0. The Balaban J connectivity index is 1.38. The number of β-lactam (4-membered cyclic amide) rings is 1. The minimum absolute atomic E-state index is 0.00604. The Kier molecular flexibility index (Phi) is 8.28. The molecule has 0 spiro atoms. The third-order valence-electron chi connectivity index (χ3n) is 6.62. The normalized spacial score (nSPS) is 19.9. The first-order valence-electron chi connectivity index (χ1n) is 12.4. The van der Waals surface area contributed by atoms with Crippen LogP contribution < -0.4 is 5.32 Å². The van der Waals surface area contributed by atoms with Crippen molar-refractivity contribution in [1.82, 2.24) is 10.2 Å². The number of rotatable bonds is 9. The number of fused-ring (bicyclic) bond motifs is 1. The van der Waals surface area contributed by atoms with Gasteiger partial charge in [0, 0.05) is 5.57 Å². The number of hydrogen-bond acceptors (Lipinski definition) is 6. The van der Waals surface area contributed by atoms with Crippen molar-refractivity contribution >= 4 is 51.3 Å². The van der Waals surface area contributed by atoms with Crippen LogP contribution >= 0.6 is 27.7 Å². The number of halogens is 1. The highest BCUT2D eigenvalue weighted by Crippen LogP contribution is 2.41. The van der Waals surface area contributed by atoms with E-state index in [4.69, 9.17) is 4.74 Å². The van der Waals surface area contributed by atoms with Gasteiger partial charge >= 0.3 is 5.97 Å². The molecule has 0 saturated carbocycles. The van der Waals surface area contributed by atoms with Gasteiger partial charge in [-0.2, -0.15) is 0 Å². The number of Topliss-reactive ketones (excluding diaryl/α,β-unsaturated/α-hetero) is 1. The van der Waals surface area contributed by atoms with Crippen LogP contribution in [0.1, 0.15) is 22.8 Å². The Hall–Kier alpha value is -3.69. The van der Waals surface area contributed by atoms with Crippen molar-refractivity contribution < 1.29 is 23.9 Å². The molecule has 5 rings (SSSR count). The molecule has 7 nitrogen and oxygen atoms in total. The molecule has 0 aromatic heterocycles. The van der Waals surface area contributed by atoms with Crippen LogP contribution in [0.3, 0.4) is 0 Å². The predicted octanol–water partition coefficient (Wildman–Crippen LogP) is 4.18. The summed E-state index contributed by atoms with van der Waals surface area (Å²) in [5.74, 6) is -1.75. The summed E-state index contributed by atoms with van der Waals surface area (Å²) in [6, 6.07) is 25.8. The fraction of sp³-hybridized carbons (Fsp3) is 0.200. The number of nitrogens with zero attached hydrogens (tertiary/aromatic N) is 1. The Morgan fingerprint density at radius 2 is 1.46 bits per heavy atom. The van der Waals surface area contributed by atoms with Crippen LogP contribution in [-0.4, -0.2) is 51.3 Å². The van der Waals surface area contributed by atoms with Gasteiger partial charge in [-0.15, -0.1) is 11.8 Å². The Morgan fingerprint density at radius 3 is 2.03 bits per heavy atom. The number of hydrogen-bond donors (Lipinski definition) is 1. The summed E-state index contributed by atoms with van der Waals surface area (Å²) >= 11 is 4.42. The number of ether oxygens (including phenoxy) is 1. The van der Waals surface area contributed by atoms with Gasteiger partial charge in [-0.1, -0.05) is 107 Å². The first-order chi connectivity index (χ1) is 19.0. The van der Waals surface area contributed by atoms with Crippen LogP contribution in [0.25, 0.3) is 0 Å². The van der Waals surface area contributed by atoms with Crippen molar-refractivity contribution in [2.75, 3.05) is 5.33 Å². The van der Waals surface area contributed by atoms with Crippen molar-refractivity contribution in [3.05, 3.63) is 119 Å². The number of carbonyl (C=O) groups is 4. The maximum atomic E-state index is 13.8. The van der Waals surface area contributed by atoms with Crippen molar-refractivity contribution in [3.8, 4) is 0 Å². The number of benzene rings is 3. The molecule has 2 aliphatic heterocycles. The first kappa shape index (κ1) is 26.9. The lowest BCUT2D eigenvalue weighted by atomic mass is 9.95. The number of alkyl halides is 1. The van der Waals surface area contributed by atoms with E-state index >= 15 is 0 Å². The van der Waals surface area contributed by atoms with E-state index in [0.29, 0.717) is 0 Å². The molecule has 0 radical (unpaired) electrons. The molecular formula is C30H25BrN2O5S. The van der Waals surface area contributed by atoms with Crippen LogP contribution in [0.4, 0.5) is 0 Å². The molecule has 3 aromatic rings. The quantitative estimate of drug-likeness (QED) is 0.224. The highest BCUT2D eigenvalue weighted by atomic mass is 79.9. The molecule has 198 valence electrons. The van der Waals surface area contributed by atoms with Crippen LogP contribution in [0, 0.1) is 0 Å². The lowest BCUT2D eigenvalue weighted by Gasteiger charge is -2.51. The third-order valence-corrected chi connectivity index (χ3v) is 8.29. The second-order valence-electron chi connectivity index (χ2n) is 9.15. The van der Waals surface area contributed by atoms with E-state index in [1.807, 2.05) is 91.0 Å². The van der Waals surface area contributed by atoms with Crippen molar-refractivity contribution in [2.24, 2.45) is 0 Å². The fourth-order valence-electron chi connectivity index (χ4n) is 4.70. The van der Waals surface area contributed by atoms with E-state index in [1.165, 1.54) is 16.7 Å².